The number of nitrogens with one attached hydrogen (secondary N) is 3. The number of aliphatic hydroxyl groups excluding tert-OH is 1. The molecule has 9 nitrogen and oxygen atoms in total. The van der Waals surface area contributed by atoms with Crippen molar-refractivity contribution in [3.05, 3.63) is 54.1 Å². The van der Waals surface area contributed by atoms with Gasteiger partial charge in [0.25, 0.3) is 0 Å². The molecule has 0 atom stereocenters. The molecular weight excluding hydrogens is 403 g/mol. The number of H-pyrrole nitrogens is 1. The minimum atomic E-state index is -0.587. The van der Waals surface area contributed by atoms with Gasteiger partial charge in [0.15, 0.2) is 23.1 Å². The third-order valence-corrected chi connectivity index (χ3v) is 4.80. The fraction of sp³-hybridized carbons (Fsp3) is 0.190. The van der Waals surface area contributed by atoms with Crippen molar-refractivity contribution in [1.82, 2.24) is 20.2 Å². The van der Waals surface area contributed by atoms with Gasteiger partial charge in [-0.15, -0.1) is 0 Å². The van der Waals surface area contributed by atoms with E-state index in [4.69, 9.17) is 9.47 Å². The monoisotopic (exact) mass is 422 g/mol. The van der Waals surface area contributed by atoms with Gasteiger partial charge in [-0.2, -0.15) is 10.1 Å². The average Bonchev–Trinajstić information content (AvgIpc) is 3.18. The number of rotatable bonds is 6. The lowest BCUT2D eigenvalue weighted by Crippen LogP contribution is -2.15. The van der Waals surface area contributed by atoms with Gasteiger partial charge in [-0.25, -0.2) is 9.37 Å². The Labute approximate surface area is 176 Å². The Hall–Kier alpha value is -3.92. The van der Waals surface area contributed by atoms with Crippen LogP contribution in [0, 0.1) is 5.82 Å². The molecule has 4 N–H and O–H groups in total. The number of aliphatic hydroxyl groups is 1. The molecule has 1 aliphatic rings. The predicted molar refractivity (Wildman–Crippen MR) is 113 cm³/mol. The quantitative estimate of drug-likeness (QED) is 0.374. The minimum Gasteiger partial charge on any atom is -0.486 e. The maximum absolute atomic E-state index is 14.4. The molecule has 31 heavy (non-hydrogen) atoms. The molecule has 2 aromatic carbocycles. The lowest BCUT2D eigenvalue weighted by atomic mass is 10.1. The zero-order chi connectivity index (χ0) is 21.2. The van der Waals surface area contributed by atoms with Crippen LogP contribution in [0.4, 0.5) is 27.5 Å². The van der Waals surface area contributed by atoms with E-state index in [2.05, 4.69) is 30.8 Å². The Morgan fingerprint density at radius 3 is 2.71 bits per heavy atom. The molecule has 0 unspecified atom stereocenters. The largest absolute Gasteiger partial charge is 0.486 e. The van der Waals surface area contributed by atoms with E-state index in [1.807, 2.05) is 18.2 Å². The topological polar surface area (TPSA) is 117 Å². The summed E-state index contributed by atoms with van der Waals surface area (Å²) >= 11 is 0. The molecule has 0 amide bonds. The van der Waals surface area contributed by atoms with Crippen LogP contribution in [-0.4, -0.2) is 45.1 Å². The highest BCUT2D eigenvalue weighted by Gasteiger charge is 2.14. The van der Waals surface area contributed by atoms with E-state index >= 15 is 0 Å². The Bertz CT molecular complexity index is 1250. The van der Waals surface area contributed by atoms with Crippen molar-refractivity contribution >= 4 is 34.0 Å². The molecule has 0 spiro atoms. The van der Waals surface area contributed by atoms with Crippen molar-refractivity contribution in [2.45, 2.75) is 6.42 Å². The number of aromatic amines is 1. The van der Waals surface area contributed by atoms with Gasteiger partial charge in [-0.3, -0.25) is 5.10 Å². The maximum Gasteiger partial charge on any atom is 0.229 e. The van der Waals surface area contributed by atoms with Gasteiger partial charge >= 0.3 is 0 Å². The van der Waals surface area contributed by atoms with Crippen molar-refractivity contribution in [2.75, 3.05) is 30.5 Å². The van der Waals surface area contributed by atoms with Crippen molar-refractivity contribution in [3.63, 3.8) is 0 Å². The number of aromatic nitrogens is 4. The molecular formula is C21H19FN6O3. The summed E-state index contributed by atoms with van der Waals surface area (Å²) in [7, 11) is 0. The standard InChI is InChI=1S/C21H19FN6O3/c22-15-11-23-21(25-13-2-4-18-19(10-13)31-8-7-30-18)26-20(15)24-12-1-3-16-14(9-12)17(5-6-29)28-27-16/h1-4,9-11,29H,5-8H2,(H,27,28)(H2,23,24,25,26). The highest BCUT2D eigenvalue weighted by molar-refractivity contribution is 5.85. The Kier molecular flexibility index (Phi) is 4.97. The first kappa shape index (κ1) is 19.1. The van der Waals surface area contributed by atoms with Crippen molar-refractivity contribution in [1.29, 1.82) is 0 Å². The SMILES string of the molecule is OCCc1n[nH]c2ccc(Nc3nc(Nc4ccc5c(c4)OCCO5)ncc3F)cc12. The van der Waals surface area contributed by atoms with Gasteiger partial charge in [-0.05, 0) is 30.3 Å². The van der Waals surface area contributed by atoms with E-state index in [0.29, 0.717) is 42.5 Å². The number of hydrogen-bond acceptors (Lipinski definition) is 8. The van der Waals surface area contributed by atoms with Crippen molar-refractivity contribution < 1.29 is 19.0 Å². The number of anilines is 4. The summed E-state index contributed by atoms with van der Waals surface area (Å²) in [6.07, 6.45) is 1.53. The first-order valence-corrected chi connectivity index (χ1v) is 9.74. The van der Waals surface area contributed by atoms with Crippen LogP contribution in [-0.2, 0) is 6.42 Å². The molecule has 10 heteroatoms. The molecule has 5 rings (SSSR count). The maximum atomic E-state index is 14.4. The molecule has 0 bridgehead atoms. The van der Waals surface area contributed by atoms with Crippen LogP contribution >= 0.6 is 0 Å². The summed E-state index contributed by atoms with van der Waals surface area (Å²) in [5.74, 6) is 0.973. The molecule has 0 aliphatic carbocycles. The van der Waals surface area contributed by atoms with E-state index < -0.39 is 5.82 Å². The third-order valence-electron chi connectivity index (χ3n) is 4.80. The molecule has 158 valence electrons. The number of hydrogen-bond donors (Lipinski definition) is 4. The Morgan fingerprint density at radius 2 is 1.84 bits per heavy atom. The van der Waals surface area contributed by atoms with Gasteiger partial charge in [0, 0.05) is 35.9 Å². The number of ether oxygens (including phenoxy) is 2. The van der Waals surface area contributed by atoms with Crippen LogP contribution < -0.4 is 20.1 Å². The number of benzene rings is 2. The van der Waals surface area contributed by atoms with Crippen molar-refractivity contribution in [2.24, 2.45) is 0 Å². The summed E-state index contributed by atoms with van der Waals surface area (Å²) in [6, 6.07) is 10.8. The highest BCUT2D eigenvalue weighted by Crippen LogP contribution is 2.33. The summed E-state index contributed by atoms with van der Waals surface area (Å²) in [5.41, 5.74) is 2.90. The van der Waals surface area contributed by atoms with E-state index in [1.54, 1.807) is 18.2 Å². The first-order chi connectivity index (χ1) is 15.2. The molecule has 0 saturated heterocycles. The lowest BCUT2D eigenvalue weighted by molar-refractivity contribution is 0.171. The number of nitrogens with zero attached hydrogens (tertiary/aromatic N) is 3. The lowest BCUT2D eigenvalue weighted by Gasteiger charge is -2.19. The van der Waals surface area contributed by atoms with Crippen LogP contribution in [0.15, 0.2) is 42.6 Å². The van der Waals surface area contributed by atoms with E-state index in [-0.39, 0.29) is 18.4 Å². The summed E-state index contributed by atoms with van der Waals surface area (Å²) < 4.78 is 25.5. The molecule has 0 radical (unpaired) electrons. The Balaban J connectivity index is 1.39. The predicted octanol–water partition coefficient (Wildman–Crippen LogP) is 3.29. The molecule has 0 saturated carbocycles. The minimum absolute atomic E-state index is 0.00691. The van der Waals surface area contributed by atoms with E-state index in [1.165, 1.54) is 0 Å². The molecule has 1 aliphatic heterocycles. The molecule has 4 aromatic rings. The van der Waals surface area contributed by atoms with Gasteiger partial charge in [0.1, 0.15) is 13.2 Å². The Morgan fingerprint density at radius 1 is 1.03 bits per heavy atom. The van der Waals surface area contributed by atoms with E-state index in [9.17, 15) is 9.50 Å². The third kappa shape index (κ3) is 3.92. The fourth-order valence-corrected chi connectivity index (χ4v) is 3.34. The first-order valence-electron chi connectivity index (χ1n) is 9.74. The van der Waals surface area contributed by atoms with Gasteiger partial charge < -0.3 is 25.2 Å². The second-order valence-corrected chi connectivity index (χ2v) is 6.90. The zero-order valence-corrected chi connectivity index (χ0v) is 16.4. The molecule has 0 fully saturated rings. The second-order valence-electron chi connectivity index (χ2n) is 6.90. The van der Waals surface area contributed by atoms with Gasteiger partial charge in [0.05, 0.1) is 17.4 Å². The van der Waals surface area contributed by atoms with Crippen molar-refractivity contribution in [3.8, 4) is 11.5 Å². The normalized spacial score (nSPS) is 12.7. The summed E-state index contributed by atoms with van der Waals surface area (Å²) in [5, 5.41) is 23.2. The number of halogens is 1. The highest BCUT2D eigenvalue weighted by atomic mass is 19.1. The number of fused-ring (bicyclic) bond motifs is 2. The average molecular weight is 422 g/mol. The van der Waals surface area contributed by atoms with Crippen LogP contribution in [0.5, 0.6) is 11.5 Å². The fourth-order valence-electron chi connectivity index (χ4n) is 3.34. The van der Waals surface area contributed by atoms with Crippen LogP contribution in [0.3, 0.4) is 0 Å². The summed E-state index contributed by atoms with van der Waals surface area (Å²) in [6.45, 7) is 0.994. The second kappa shape index (κ2) is 8.07. The zero-order valence-electron chi connectivity index (χ0n) is 16.4. The van der Waals surface area contributed by atoms with E-state index in [0.717, 1.165) is 22.8 Å². The van der Waals surface area contributed by atoms with Crippen LogP contribution in [0.25, 0.3) is 10.9 Å². The molecule has 2 aromatic heterocycles. The van der Waals surface area contributed by atoms with Gasteiger partial charge in [0.2, 0.25) is 5.95 Å². The smallest absolute Gasteiger partial charge is 0.229 e. The van der Waals surface area contributed by atoms with Crippen LogP contribution in [0.1, 0.15) is 5.69 Å². The van der Waals surface area contributed by atoms with Gasteiger partial charge in [-0.1, -0.05) is 0 Å². The van der Waals surface area contributed by atoms with Crippen LogP contribution in [0.2, 0.25) is 0 Å². The summed E-state index contributed by atoms with van der Waals surface area (Å²) in [4.78, 5) is 8.27. The molecule has 3 heterocycles.